The second kappa shape index (κ2) is 11.3. The fourth-order valence-electron chi connectivity index (χ4n) is 2.15. The number of allylic oxidation sites excluding steroid dienone is 1. The summed E-state index contributed by atoms with van der Waals surface area (Å²) in [6, 6.07) is 4.18. The van der Waals surface area contributed by atoms with Crippen molar-refractivity contribution in [2.75, 3.05) is 0 Å². The first-order chi connectivity index (χ1) is 11.1. The van der Waals surface area contributed by atoms with Crippen LogP contribution in [0.2, 0.25) is 0 Å². The molecule has 0 fully saturated rings. The van der Waals surface area contributed by atoms with Crippen LogP contribution in [-0.4, -0.2) is 22.3 Å². The molecule has 0 radical (unpaired) electrons. The summed E-state index contributed by atoms with van der Waals surface area (Å²) in [5.41, 5.74) is 2.87. The molecule has 0 unspecified atom stereocenters. The van der Waals surface area contributed by atoms with Crippen LogP contribution in [0.15, 0.2) is 36.0 Å². The van der Waals surface area contributed by atoms with Gasteiger partial charge in [-0.05, 0) is 31.4 Å². The number of rotatable bonds is 11. The Morgan fingerprint density at radius 2 is 1.83 bits per heavy atom. The Hall–Kier alpha value is -2.30. The van der Waals surface area contributed by atoms with Gasteiger partial charge in [0.1, 0.15) is 11.5 Å². The molecule has 0 heterocycles. The number of hydrogen-bond acceptors (Lipinski definition) is 4. The van der Waals surface area contributed by atoms with Crippen molar-refractivity contribution in [3.8, 4) is 11.5 Å². The van der Waals surface area contributed by atoms with Gasteiger partial charge in [0, 0.05) is 18.1 Å². The molecule has 1 aromatic carbocycles. The molecule has 1 amide bonds. The largest absolute Gasteiger partial charge is 0.508 e. The fraction of sp³-hybridized carbons (Fsp3) is 0.444. The molecule has 0 atom stereocenters. The van der Waals surface area contributed by atoms with E-state index < -0.39 is 0 Å². The zero-order valence-corrected chi connectivity index (χ0v) is 13.5. The van der Waals surface area contributed by atoms with Crippen LogP contribution in [-0.2, 0) is 4.79 Å². The normalized spacial score (nSPS) is 10.8. The summed E-state index contributed by atoms with van der Waals surface area (Å²) in [6.45, 7) is 3.70. The highest BCUT2D eigenvalue weighted by molar-refractivity contribution is 5.85. The predicted octanol–water partition coefficient (Wildman–Crippen LogP) is 3.85. The highest BCUT2D eigenvalue weighted by Gasteiger charge is 2.01. The van der Waals surface area contributed by atoms with Gasteiger partial charge in [0.15, 0.2) is 0 Å². The lowest BCUT2D eigenvalue weighted by Crippen LogP contribution is -2.16. The number of carbonyl (C=O) groups is 1. The van der Waals surface area contributed by atoms with Crippen molar-refractivity contribution in [1.29, 1.82) is 0 Å². The molecule has 126 valence electrons. The van der Waals surface area contributed by atoms with E-state index >= 15 is 0 Å². The summed E-state index contributed by atoms with van der Waals surface area (Å²) in [6.07, 6.45) is 11.5. The van der Waals surface area contributed by atoms with E-state index in [-0.39, 0.29) is 17.4 Å². The average Bonchev–Trinajstić information content (AvgIpc) is 2.52. The van der Waals surface area contributed by atoms with E-state index in [1.54, 1.807) is 0 Å². The van der Waals surface area contributed by atoms with Gasteiger partial charge >= 0.3 is 0 Å². The van der Waals surface area contributed by atoms with E-state index in [1.807, 2.05) is 6.08 Å². The molecule has 0 bridgehead atoms. The summed E-state index contributed by atoms with van der Waals surface area (Å²) in [5.74, 6) is -0.237. The molecule has 0 aliphatic heterocycles. The molecule has 5 nitrogen and oxygen atoms in total. The van der Waals surface area contributed by atoms with Gasteiger partial charge in [-0.25, -0.2) is 5.43 Å². The highest BCUT2D eigenvalue weighted by atomic mass is 16.3. The van der Waals surface area contributed by atoms with Crippen LogP contribution in [0.1, 0.15) is 56.9 Å². The van der Waals surface area contributed by atoms with Gasteiger partial charge in [-0.15, -0.1) is 6.58 Å². The van der Waals surface area contributed by atoms with Gasteiger partial charge in [-0.3, -0.25) is 4.79 Å². The van der Waals surface area contributed by atoms with Gasteiger partial charge in [0.2, 0.25) is 5.91 Å². The minimum atomic E-state index is -0.133. The smallest absolute Gasteiger partial charge is 0.240 e. The Morgan fingerprint density at radius 1 is 1.13 bits per heavy atom. The van der Waals surface area contributed by atoms with Crippen LogP contribution in [0, 0.1) is 0 Å². The number of carbonyl (C=O) groups excluding carboxylic acids is 1. The molecule has 23 heavy (non-hydrogen) atoms. The van der Waals surface area contributed by atoms with E-state index in [2.05, 4.69) is 17.1 Å². The average molecular weight is 318 g/mol. The number of phenols is 2. The lowest BCUT2D eigenvalue weighted by molar-refractivity contribution is -0.121. The van der Waals surface area contributed by atoms with Crippen LogP contribution in [0.5, 0.6) is 11.5 Å². The Morgan fingerprint density at radius 3 is 2.52 bits per heavy atom. The van der Waals surface area contributed by atoms with Gasteiger partial charge < -0.3 is 10.2 Å². The predicted molar refractivity (Wildman–Crippen MR) is 92.6 cm³/mol. The number of phenolic OH excluding ortho intramolecular Hbond substituents is 2. The van der Waals surface area contributed by atoms with Crippen LogP contribution >= 0.6 is 0 Å². The van der Waals surface area contributed by atoms with E-state index in [1.165, 1.54) is 43.7 Å². The van der Waals surface area contributed by atoms with Crippen molar-refractivity contribution in [1.82, 2.24) is 5.43 Å². The van der Waals surface area contributed by atoms with E-state index in [0.29, 0.717) is 12.0 Å². The third-order valence-electron chi connectivity index (χ3n) is 3.47. The number of hydrogen-bond donors (Lipinski definition) is 3. The molecule has 1 aromatic rings. The number of aromatic hydroxyl groups is 2. The summed E-state index contributed by atoms with van der Waals surface area (Å²) >= 11 is 0. The minimum absolute atomic E-state index is 0.0202. The maximum Gasteiger partial charge on any atom is 0.240 e. The van der Waals surface area contributed by atoms with Gasteiger partial charge in [-0.1, -0.05) is 31.8 Å². The molecule has 0 aliphatic rings. The Labute approximate surface area is 137 Å². The molecular formula is C18H26N2O3. The zero-order chi connectivity index (χ0) is 16.9. The number of nitrogens with one attached hydrogen (secondary N) is 1. The van der Waals surface area contributed by atoms with Crippen LogP contribution in [0.3, 0.4) is 0 Å². The number of hydrazone groups is 1. The number of benzene rings is 1. The van der Waals surface area contributed by atoms with Crippen LogP contribution < -0.4 is 5.43 Å². The van der Waals surface area contributed by atoms with E-state index in [9.17, 15) is 15.0 Å². The third kappa shape index (κ3) is 8.66. The SMILES string of the molecule is C=CCCCCCCCCC(=O)N/N=C/c1ccc(O)cc1O. The minimum Gasteiger partial charge on any atom is -0.508 e. The molecule has 0 aromatic heterocycles. The van der Waals surface area contributed by atoms with Crippen molar-refractivity contribution < 1.29 is 15.0 Å². The Bertz CT molecular complexity index is 527. The number of nitrogens with zero attached hydrogens (tertiary/aromatic N) is 1. The first-order valence-corrected chi connectivity index (χ1v) is 8.08. The number of unbranched alkanes of at least 4 members (excludes halogenated alkanes) is 6. The summed E-state index contributed by atoms with van der Waals surface area (Å²) < 4.78 is 0. The molecule has 0 saturated heterocycles. The fourth-order valence-corrected chi connectivity index (χ4v) is 2.15. The number of amides is 1. The lowest BCUT2D eigenvalue weighted by Gasteiger charge is -2.02. The summed E-state index contributed by atoms with van der Waals surface area (Å²) in [5, 5.41) is 22.5. The van der Waals surface area contributed by atoms with Crippen molar-refractivity contribution >= 4 is 12.1 Å². The lowest BCUT2D eigenvalue weighted by atomic mass is 10.1. The van der Waals surface area contributed by atoms with Crippen molar-refractivity contribution in [2.24, 2.45) is 5.10 Å². The molecule has 1 rings (SSSR count). The Balaban J connectivity index is 2.12. The Kier molecular flexibility index (Phi) is 9.20. The van der Waals surface area contributed by atoms with Crippen molar-refractivity contribution in [3.05, 3.63) is 36.4 Å². The zero-order valence-electron chi connectivity index (χ0n) is 13.5. The summed E-state index contributed by atoms with van der Waals surface area (Å²) in [4.78, 5) is 11.6. The maximum atomic E-state index is 11.6. The highest BCUT2D eigenvalue weighted by Crippen LogP contribution is 2.20. The third-order valence-corrected chi connectivity index (χ3v) is 3.47. The second-order valence-corrected chi connectivity index (χ2v) is 5.48. The standard InChI is InChI=1S/C18H26N2O3/c1-2-3-4-5-6-7-8-9-10-18(23)20-19-14-15-11-12-16(21)13-17(15)22/h2,11-14,21-22H,1,3-10H2,(H,20,23)/b19-14+. The van der Waals surface area contributed by atoms with E-state index in [4.69, 9.17) is 0 Å². The first kappa shape index (κ1) is 18.7. The molecule has 0 aliphatic carbocycles. The molecular weight excluding hydrogens is 292 g/mol. The maximum absolute atomic E-state index is 11.6. The quantitative estimate of drug-likeness (QED) is 0.251. The molecule has 5 heteroatoms. The van der Waals surface area contributed by atoms with Gasteiger partial charge in [-0.2, -0.15) is 5.10 Å². The molecule has 0 saturated carbocycles. The van der Waals surface area contributed by atoms with Crippen molar-refractivity contribution in [3.63, 3.8) is 0 Å². The van der Waals surface area contributed by atoms with Gasteiger partial charge in [0.05, 0.1) is 6.21 Å². The monoisotopic (exact) mass is 318 g/mol. The molecule has 3 N–H and O–H groups in total. The topological polar surface area (TPSA) is 81.9 Å². The van der Waals surface area contributed by atoms with Gasteiger partial charge in [0.25, 0.3) is 0 Å². The van der Waals surface area contributed by atoms with Crippen LogP contribution in [0.25, 0.3) is 0 Å². The summed E-state index contributed by atoms with van der Waals surface area (Å²) in [7, 11) is 0. The second-order valence-electron chi connectivity index (χ2n) is 5.48. The molecule has 0 spiro atoms. The van der Waals surface area contributed by atoms with Crippen LogP contribution in [0.4, 0.5) is 0 Å². The van der Waals surface area contributed by atoms with Crippen molar-refractivity contribution in [2.45, 2.75) is 51.4 Å². The first-order valence-electron chi connectivity index (χ1n) is 8.08. The van der Waals surface area contributed by atoms with E-state index in [0.717, 1.165) is 25.7 Å².